The first-order valence-electron chi connectivity index (χ1n) is 5.44. The molecule has 0 radical (unpaired) electrons. The molecule has 0 aromatic carbocycles. The maximum absolute atomic E-state index is 12.5. The first-order chi connectivity index (χ1) is 7.63. The third-order valence-electron chi connectivity index (χ3n) is 2.05. The van der Waals surface area contributed by atoms with Crippen LogP contribution >= 0.6 is 0 Å². The van der Waals surface area contributed by atoms with Crippen LogP contribution in [0.2, 0.25) is 0 Å². The molecule has 6 heteroatoms. The minimum atomic E-state index is -0.763. The molecule has 2 atom stereocenters. The van der Waals surface area contributed by atoms with Crippen LogP contribution in [0.1, 0.15) is 39.1 Å². The summed E-state index contributed by atoms with van der Waals surface area (Å²) in [6, 6.07) is 0. The Balaban J connectivity index is 2.27. The Hall–Kier alpha value is -1.01. The molecule has 0 spiro atoms. The SMILES string of the molecule is CCCOC(C)COC(C)c1nc(F)n[nH]1. The summed E-state index contributed by atoms with van der Waals surface area (Å²) >= 11 is 0. The molecule has 0 saturated carbocycles. The van der Waals surface area contributed by atoms with Gasteiger partial charge >= 0.3 is 6.08 Å². The van der Waals surface area contributed by atoms with Crippen LogP contribution in [0.25, 0.3) is 0 Å². The fraction of sp³-hybridized carbons (Fsp3) is 0.800. The van der Waals surface area contributed by atoms with Crippen LogP contribution in [0.3, 0.4) is 0 Å². The Bertz CT molecular complexity index is 306. The predicted octanol–water partition coefficient (Wildman–Crippen LogP) is 1.84. The quantitative estimate of drug-likeness (QED) is 0.777. The van der Waals surface area contributed by atoms with Crippen LogP contribution in [-0.4, -0.2) is 34.5 Å². The highest BCUT2D eigenvalue weighted by Gasteiger charge is 2.13. The number of hydrogen-bond acceptors (Lipinski definition) is 4. The van der Waals surface area contributed by atoms with Gasteiger partial charge in [0.1, 0.15) is 6.10 Å². The van der Waals surface area contributed by atoms with E-state index in [0.29, 0.717) is 12.4 Å². The highest BCUT2D eigenvalue weighted by atomic mass is 19.1. The number of aromatic nitrogens is 3. The summed E-state index contributed by atoms with van der Waals surface area (Å²) in [5.74, 6) is 0.389. The van der Waals surface area contributed by atoms with E-state index in [4.69, 9.17) is 9.47 Å². The normalized spacial score (nSPS) is 15.0. The van der Waals surface area contributed by atoms with Gasteiger partial charge in [-0.25, -0.2) is 0 Å². The molecule has 0 aliphatic heterocycles. The van der Waals surface area contributed by atoms with E-state index in [1.54, 1.807) is 6.92 Å². The van der Waals surface area contributed by atoms with Gasteiger partial charge in [0.15, 0.2) is 5.82 Å². The molecule has 0 aliphatic rings. The van der Waals surface area contributed by atoms with Crippen LogP contribution in [0.4, 0.5) is 4.39 Å². The van der Waals surface area contributed by atoms with Crippen molar-refractivity contribution in [2.24, 2.45) is 0 Å². The van der Waals surface area contributed by atoms with Crippen molar-refractivity contribution in [2.75, 3.05) is 13.2 Å². The number of aromatic amines is 1. The van der Waals surface area contributed by atoms with Gasteiger partial charge in [-0.3, -0.25) is 5.10 Å². The average Bonchev–Trinajstić information content (AvgIpc) is 2.69. The van der Waals surface area contributed by atoms with Gasteiger partial charge in [0, 0.05) is 6.61 Å². The van der Waals surface area contributed by atoms with E-state index in [0.717, 1.165) is 13.0 Å². The second kappa shape index (κ2) is 6.55. The second-order valence-electron chi connectivity index (χ2n) is 3.65. The Labute approximate surface area is 94.4 Å². The Morgan fingerprint density at radius 3 is 2.69 bits per heavy atom. The summed E-state index contributed by atoms with van der Waals surface area (Å²) in [6.45, 7) is 6.93. The summed E-state index contributed by atoms with van der Waals surface area (Å²) in [5.41, 5.74) is 0. The lowest BCUT2D eigenvalue weighted by Crippen LogP contribution is -2.18. The molecule has 1 aromatic rings. The van der Waals surface area contributed by atoms with E-state index in [2.05, 4.69) is 15.2 Å². The van der Waals surface area contributed by atoms with Crippen molar-refractivity contribution in [2.45, 2.75) is 39.4 Å². The van der Waals surface area contributed by atoms with E-state index in [1.165, 1.54) is 0 Å². The van der Waals surface area contributed by atoms with Crippen LogP contribution in [0, 0.1) is 6.08 Å². The second-order valence-corrected chi connectivity index (χ2v) is 3.65. The molecule has 0 bridgehead atoms. The molecule has 1 heterocycles. The van der Waals surface area contributed by atoms with Gasteiger partial charge in [-0.2, -0.15) is 9.37 Å². The molecule has 92 valence electrons. The first kappa shape index (κ1) is 13.1. The van der Waals surface area contributed by atoms with E-state index in [-0.39, 0.29) is 12.2 Å². The van der Waals surface area contributed by atoms with Crippen molar-refractivity contribution >= 4 is 0 Å². The van der Waals surface area contributed by atoms with Crippen molar-refractivity contribution < 1.29 is 13.9 Å². The van der Waals surface area contributed by atoms with Gasteiger partial charge in [0.2, 0.25) is 0 Å². The number of nitrogens with zero attached hydrogens (tertiary/aromatic N) is 2. The molecule has 1 aromatic heterocycles. The first-order valence-corrected chi connectivity index (χ1v) is 5.44. The van der Waals surface area contributed by atoms with Crippen molar-refractivity contribution in [1.82, 2.24) is 15.2 Å². The van der Waals surface area contributed by atoms with Gasteiger partial charge in [0.05, 0.1) is 12.7 Å². The van der Waals surface area contributed by atoms with Gasteiger partial charge in [-0.1, -0.05) is 6.92 Å². The molecule has 0 saturated heterocycles. The molecule has 0 aliphatic carbocycles. The van der Waals surface area contributed by atoms with Crippen molar-refractivity contribution in [1.29, 1.82) is 0 Å². The summed E-state index contributed by atoms with van der Waals surface area (Å²) in [4.78, 5) is 3.55. The molecule has 0 amide bonds. The van der Waals surface area contributed by atoms with Crippen LogP contribution in [0.5, 0.6) is 0 Å². The number of ether oxygens (including phenoxy) is 2. The number of H-pyrrole nitrogens is 1. The van der Waals surface area contributed by atoms with Crippen LogP contribution < -0.4 is 0 Å². The van der Waals surface area contributed by atoms with E-state index in [1.807, 2.05) is 13.8 Å². The maximum Gasteiger partial charge on any atom is 0.327 e. The Morgan fingerprint density at radius 1 is 1.38 bits per heavy atom. The minimum Gasteiger partial charge on any atom is -0.376 e. The fourth-order valence-corrected chi connectivity index (χ4v) is 1.16. The number of halogens is 1. The maximum atomic E-state index is 12.5. The van der Waals surface area contributed by atoms with Gasteiger partial charge < -0.3 is 9.47 Å². The lowest BCUT2D eigenvalue weighted by Gasteiger charge is -2.15. The third kappa shape index (κ3) is 4.24. The molecule has 2 unspecified atom stereocenters. The largest absolute Gasteiger partial charge is 0.376 e. The molecule has 16 heavy (non-hydrogen) atoms. The lowest BCUT2D eigenvalue weighted by molar-refractivity contribution is -0.0343. The van der Waals surface area contributed by atoms with Gasteiger partial charge in [-0.05, 0) is 20.3 Å². The molecule has 1 rings (SSSR count). The summed E-state index contributed by atoms with van der Waals surface area (Å²) in [7, 11) is 0. The summed E-state index contributed by atoms with van der Waals surface area (Å²) in [6.07, 6.45) is -0.0756. The molecule has 1 N–H and O–H groups in total. The number of nitrogens with one attached hydrogen (secondary N) is 1. The van der Waals surface area contributed by atoms with E-state index < -0.39 is 6.08 Å². The van der Waals surface area contributed by atoms with E-state index in [9.17, 15) is 4.39 Å². The van der Waals surface area contributed by atoms with Gasteiger partial charge in [-0.15, -0.1) is 5.10 Å². The lowest BCUT2D eigenvalue weighted by atomic mass is 10.3. The van der Waals surface area contributed by atoms with Crippen LogP contribution in [-0.2, 0) is 9.47 Å². The smallest absolute Gasteiger partial charge is 0.327 e. The molecular formula is C10H18FN3O2. The topological polar surface area (TPSA) is 60.0 Å². The monoisotopic (exact) mass is 231 g/mol. The van der Waals surface area contributed by atoms with Crippen molar-refractivity contribution in [3.05, 3.63) is 11.9 Å². The molecular weight excluding hydrogens is 213 g/mol. The zero-order valence-electron chi connectivity index (χ0n) is 9.86. The Kier molecular flexibility index (Phi) is 5.34. The third-order valence-corrected chi connectivity index (χ3v) is 2.05. The highest BCUT2D eigenvalue weighted by molar-refractivity contribution is 4.85. The fourth-order valence-electron chi connectivity index (χ4n) is 1.16. The van der Waals surface area contributed by atoms with Crippen LogP contribution in [0.15, 0.2) is 0 Å². The number of rotatable bonds is 7. The predicted molar refractivity (Wildman–Crippen MR) is 56.4 cm³/mol. The summed E-state index contributed by atoms with van der Waals surface area (Å²) < 4.78 is 23.4. The standard InChI is InChI=1S/C10H18FN3O2/c1-4-5-15-7(2)6-16-8(3)9-12-10(11)14-13-9/h7-8H,4-6H2,1-3H3,(H,12,13,14). The average molecular weight is 231 g/mol. The van der Waals surface area contributed by atoms with Gasteiger partial charge in [0.25, 0.3) is 0 Å². The van der Waals surface area contributed by atoms with Crippen molar-refractivity contribution in [3.63, 3.8) is 0 Å². The minimum absolute atomic E-state index is 0.0233. The zero-order valence-corrected chi connectivity index (χ0v) is 9.86. The Morgan fingerprint density at radius 2 is 2.12 bits per heavy atom. The van der Waals surface area contributed by atoms with Crippen molar-refractivity contribution in [3.8, 4) is 0 Å². The van der Waals surface area contributed by atoms with E-state index >= 15 is 0 Å². The highest BCUT2D eigenvalue weighted by Crippen LogP contribution is 2.12. The summed E-state index contributed by atoms with van der Waals surface area (Å²) in [5, 5.41) is 5.77. The zero-order chi connectivity index (χ0) is 12.0. The number of hydrogen-bond donors (Lipinski definition) is 1. The molecule has 5 nitrogen and oxygen atoms in total. The molecule has 0 fully saturated rings.